The Bertz CT molecular complexity index is 869. The number of phenols is 2. The second-order valence-electron chi connectivity index (χ2n) is 5.96. The van der Waals surface area contributed by atoms with E-state index in [2.05, 4.69) is 0 Å². The first-order valence-corrected chi connectivity index (χ1v) is 7.56. The third-order valence-electron chi connectivity index (χ3n) is 4.47. The Hall–Kier alpha value is -2.95. The first-order chi connectivity index (χ1) is 11.8. The van der Waals surface area contributed by atoms with Crippen molar-refractivity contribution in [3.63, 3.8) is 0 Å². The zero-order valence-corrected chi connectivity index (χ0v) is 13.3. The molecule has 0 fully saturated rings. The fraction of sp³-hybridized carbons (Fsp3) is 0.100. The van der Waals surface area contributed by atoms with Crippen molar-refractivity contribution < 1.29 is 23.4 Å². The zero-order valence-electron chi connectivity index (χ0n) is 13.3. The maximum atomic E-state index is 13.9. The third-order valence-corrected chi connectivity index (χ3v) is 4.47. The highest BCUT2D eigenvalue weighted by atomic mass is 19.1. The molecule has 0 unspecified atom stereocenters. The van der Waals surface area contributed by atoms with Gasteiger partial charge in [0.25, 0.3) is 0 Å². The lowest BCUT2D eigenvalue weighted by Crippen LogP contribution is -2.25. The fourth-order valence-electron chi connectivity index (χ4n) is 2.92. The van der Waals surface area contributed by atoms with Crippen molar-refractivity contribution >= 4 is 0 Å². The van der Waals surface area contributed by atoms with Gasteiger partial charge in [-0.25, -0.2) is 13.2 Å². The summed E-state index contributed by atoms with van der Waals surface area (Å²) in [6, 6.07) is 13.4. The number of benzene rings is 3. The molecule has 2 nitrogen and oxygen atoms in total. The van der Waals surface area contributed by atoms with E-state index in [4.69, 9.17) is 0 Å². The van der Waals surface area contributed by atoms with Crippen LogP contribution in [0.25, 0.3) is 0 Å². The van der Waals surface area contributed by atoms with Crippen LogP contribution in [0.15, 0.2) is 60.7 Å². The summed E-state index contributed by atoms with van der Waals surface area (Å²) in [5.74, 6) is -3.06. The molecule has 2 N–H and O–H groups in total. The molecule has 0 radical (unpaired) electrons. The van der Waals surface area contributed by atoms with Crippen LogP contribution in [0, 0.1) is 17.5 Å². The lowest BCUT2D eigenvalue weighted by atomic mass is 9.71. The van der Waals surface area contributed by atoms with Gasteiger partial charge in [0, 0.05) is 5.41 Å². The van der Waals surface area contributed by atoms with Gasteiger partial charge in [-0.2, -0.15) is 0 Å². The van der Waals surface area contributed by atoms with Crippen molar-refractivity contribution in [2.45, 2.75) is 12.3 Å². The largest absolute Gasteiger partial charge is 0.505 e. The van der Waals surface area contributed by atoms with Crippen molar-refractivity contribution in [3.8, 4) is 11.5 Å². The molecular weight excluding hydrogens is 329 g/mol. The maximum absolute atomic E-state index is 13.9. The average molecular weight is 344 g/mol. The number of phenolic OH excluding ortho intramolecular Hbond substituents is 2. The highest BCUT2D eigenvalue weighted by Gasteiger charge is 2.32. The SMILES string of the molecule is CC(c1ccc(F)cc1)(c1ccc(O)c(F)c1)c1ccc(O)c(F)c1. The van der Waals surface area contributed by atoms with Crippen LogP contribution in [-0.2, 0) is 5.41 Å². The molecule has 25 heavy (non-hydrogen) atoms. The Kier molecular flexibility index (Phi) is 4.17. The van der Waals surface area contributed by atoms with Crippen LogP contribution in [0.4, 0.5) is 13.2 Å². The summed E-state index contributed by atoms with van der Waals surface area (Å²) in [7, 11) is 0. The molecule has 0 saturated heterocycles. The van der Waals surface area contributed by atoms with E-state index in [1.54, 1.807) is 6.92 Å². The van der Waals surface area contributed by atoms with E-state index in [1.807, 2.05) is 0 Å². The first kappa shape index (κ1) is 16.9. The first-order valence-electron chi connectivity index (χ1n) is 7.56. The van der Waals surface area contributed by atoms with E-state index in [1.165, 1.54) is 48.5 Å². The molecule has 0 aromatic heterocycles. The molecule has 0 bridgehead atoms. The van der Waals surface area contributed by atoms with Crippen molar-refractivity contribution in [1.82, 2.24) is 0 Å². The minimum absolute atomic E-state index is 0.431. The molecule has 3 aromatic rings. The van der Waals surface area contributed by atoms with Crippen LogP contribution in [-0.4, -0.2) is 10.2 Å². The second kappa shape index (κ2) is 6.16. The third kappa shape index (κ3) is 2.93. The fourth-order valence-corrected chi connectivity index (χ4v) is 2.92. The Labute approximate surface area is 142 Å². The Morgan fingerprint density at radius 1 is 0.640 bits per heavy atom. The monoisotopic (exact) mass is 344 g/mol. The average Bonchev–Trinajstić information content (AvgIpc) is 2.59. The lowest BCUT2D eigenvalue weighted by molar-refractivity contribution is 0.429. The van der Waals surface area contributed by atoms with Gasteiger partial charge in [0.05, 0.1) is 0 Å². The smallest absolute Gasteiger partial charge is 0.165 e. The lowest BCUT2D eigenvalue weighted by Gasteiger charge is -2.32. The molecule has 0 heterocycles. The molecule has 0 spiro atoms. The minimum Gasteiger partial charge on any atom is -0.505 e. The molecule has 128 valence electrons. The van der Waals surface area contributed by atoms with Crippen LogP contribution >= 0.6 is 0 Å². The van der Waals surface area contributed by atoms with Gasteiger partial charge >= 0.3 is 0 Å². The predicted octanol–water partition coefficient (Wildman–Crippen LogP) is 4.87. The Balaban J connectivity index is 2.28. The standard InChI is InChI=1S/C20H15F3O2/c1-20(12-2-6-15(21)7-3-12,13-4-8-18(24)16(22)10-13)14-5-9-19(25)17(23)11-14/h2-11,24-25H,1H3. The van der Waals surface area contributed by atoms with Crippen LogP contribution < -0.4 is 0 Å². The molecule has 0 aliphatic rings. The predicted molar refractivity (Wildman–Crippen MR) is 88.1 cm³/mol. The molecule has 0 amide bonds. The molecule has 0 saturated carbocycles. The second-order valence-corrected chi connectivity index (χ2v) is 5.96. The highest BCUT2D eigenvalue weighted by Crippen LogP contribution is 2.41. The molecule has 0 aliphatic heterocycles. The molecule has 3 rings (SSSR count). The van der Waals surface area contributed by atoms with E-state index in [0.29, 0.717) is 16.7 Å². The van der Waals surface area contributed by atoms with Gasteiger partial charge in [0.2, 0.25) is 0 Å². The summed E-state index contributed by atoms with van der Waals surface area (Å²) in [6.07, 6.45) is 0. The summed E-state index contributed by atoms with van der Waals surface area (Å²) in [5.41, 5.74) is 0.458. The summed E-state index contributed by atoms with van der Waals surface area (Å²) < 4.78 is 41.2. The molecular formula is C20H15F3O2. The van der Waals surface area contributed by atoms with Gasteiger partial charge in [0.15, 0.2) is 23.1 Å². The van der Waals surface area contributed by atoms with Gasteiger partial charge in [-0.1, -0.05) is 24.3 Å². The van der Waals surface area contributed by atoms with Gasteiger partial charge in [-0.15, -0.1) is 0 Å². The van der Waals surface area contributed by atoms with E-state index < -0.39 is 34.4 Å². The van der Waals surface area contributed by atoms with Crippen LogP contribution in [0.2, 0.25) is 0 Å². The minimum atomic E-state index is -1.03. The highest BCUT2D eigenvalue weighted by molar-refractivity contribution is 5.51. The summed E-state index contributed by atoms with van der Waals surface area (Å²) in [5, 5.41) is 18.9. The Morgan fingerprint density at radius 3 is 1.44 bits per heavy atom. The van der Waals surface area contributed by atoms with Gasteiger partial charge in [0.1, 0.15) is 5.82 Å². The quantitative estimate of drug-likeness (QED) is 0.666. The van der Waals surface area contributed by atoms with Crippen molar-refractivity contribution in [1.29, 1.82) is 0 Å². The summed E-state index contributed by atoms with van der Waals surface area (Å²) in [6.45, 7) is 1.73. The van der Waals surface area contributed by atoms with Gasteiger partial charge in [-0.05, 0) is 60.0 Å². The van der Waals surface area contributed by atoms with E-state index >= 15 is 0 Å². The van der Waals surface area contributed by atoms with Crippen molar-refractivity contribution in [2.75, 3.05) is 0 Å². The van der Waals surface area contributed by atoms with Gasteiger partial charge in [-0.3, -0.25) is 0 Å². The van der Waals surface area contributed by atoms with Gasteiger partial charge < -0.3 is 10.2 Å². The molecule has 0 aliphatic carbocycles. The summed E-state index contributed by atoms with van der Waals surface area (Å²) >= 11 is 0. The van der Waals surface area contributed by atoms with Crippen molar-refractivity contribution in [3.05, 3.63) is 94.8 Å². The molecule has 3 aromatic carbocycles. The number of rotatable bonds is 3. The normalized spacial score (nSPS) is 11.5. The van der Waals surface area contributed by atoms with Crippen LogP contribution in [0.1, 0.15) is 23.6 Å². The molecule has 0 atom stereocenters. The number of aromatic hydroxyl groups is 2. The topological polar surface area (TPSA) is 40.5 Å². The van der Waals surface area contributed by atoms with Crippen molar-refractivity contribution in [2.24, 2.45) is 0 Å². The Morgan fingerprint density at radius 2 is 1.04 bits per heavy atom. The van der Waals surface area contributed by atoms with E-state index in [0.717, 1.165) is 12.1 Å². The maximum Gasteiger partial charge on any atom is 0.165 e. The van der Waals surface area contributed by atoms with Crippen LogP contribution in [0.5, 0.6) is 11.5 Å². The molecule has 5 heteroatoms. The van der Waals surface area contributed by atoms with E-state index in [-0.39, 0.29) is 0 Å². The number of hydrogen-bond acceptors (Lipinski definition) is 2. The number of halogens is 3. The van der Waals surface area contributed by atoms with E-state index in [9.17, 15) is 23.4 Å². The zero-order chi connectivity index (χ0) is 18.2. The van der Waals surface area contributed by atoms with Crippen LogP contribution in [0.3, 0.4) is 0 Å². The number of hydrogen-bond donors (Lipinski definition) is 2. The summed E-state index contributed by atoms with van der Waals surface area (Å²) in [4.78, 5) is 0.